The molecule has 0 spiro atoms. The Morgan fingerprint density at radius 3 is 2.13 bits per heavy atom. The van der Waals surface area contributed by atoms with E-state index in [-0.39, 0.29) is 5.56 Å². The molecule has 1 aromatic carbocycles. The van der Waals surface area contributed by atoms with Crippen LogP contribution in [0.15, 0.2) is 18.2 Å². The Hall–Kier alpha value is -2.77. The highest BCUT2D eigenvalue weighted by molar-refractivity contribution is 5.98. The van der Waals surface area contributed by atoms with Gasteiger partial charge >= 0.3 is 12.0 Å². The van der Waals surface area contributed by atoms with Gasteiger partial charge < -0.3 is 19.5 Å². The molecule has 0 aliphatic rings. The summed E-state index contributed by atoms with van der Waals surface area (Å²) in [5.41, 5.74) is 0.166. The van der Waals surface area contributed by atoms with Crippen molar-refractivity contribution in [3.05, 3.63) is 23.8 Å². The van der Waals surface area contributed by atoms with Crippen LogP contribution in [0.25, 0.3) is 0 Å². The van der Waals surface area contributed by atoms with Crippen molar-refractivity contribution < 1.29 is 28.6 Å². The molecular formula is C15H20N2O6. The molecule has 1 rings (SSSR count). The first-order chi connectivity index (χ1) is 10.9. The van der Waals surface area contributed by atoms with Crippen LogP contribution < -0.4 is 20.1 Å². The highest BCUT2D eigenvalue weighted by atomic mass is 16.5. The summed E-state index contributed by atoms with van der Waals surface area (Å²) in [6, 6.07) is 3.86. The molecule has 126 valence electrons. The van der Waals surface area contributed by atoms with Crippen LogP contribution in [0, 0.1) is 0 Å². The number of hydrogen-bond donors (Lipinski definition) is 2. The van der Waals surface area contributed by atoms with Gasteiger partial charge in [0.15, 0.2) is 6.10 Å². The van der Waals surface area contributed by atoms with Crippen molar-refractivity contribution in [3.63, 3.8) is 0 Å². The van der Waals surface area contributed by atoms with Crippen LogP contribution in [-0.2, 0) is 9.53 Å². The monoisotopic (exact) mass is 324 g/mol. The standard InChI is InChI=1S/C15H20N2O6/c1-5-16-15(20)17-13(18)9(2)23-14(19)10-6-11(21-3)8-12(7-10)22-4/h6-9H,5H2,1-4H3,(H2,16,17,18,20). The van der Waals surface area contributed by atoms with E-state index >= 15 is 0 Å². The summed E-state index contributed by atoms with van der Waals surface area (Å²) in [6.07, 6.45) is -1.14. The van der Waals surface area contributed by atoms with Crippen molar-refractivity contribution in [3.8, 4) is 11.5 Å². The molecular weight excluding hydrogens is 304 g/mol. The van der Waals surface area contributed by atoms with E-state index in [0.717, 1.165) is 0 Å². The number of amides is 3. The molecule has 0 saturated carbocycles. The normalized spacial score (nSPS) is 11.1. The SMILES string of the molecule is CCNC(=O)NC(=O)C(C)OC(=O)c1cc(OC)cc(OC)c1. The predicted molar refractivity (Wildman–Crippen MR) is 81.6 cm³/mol. The van der Waals surface area contributed by atoms with E-state index in [1.165, 1.54) is 33.3 Å². The van der Waals surface area contributed by atoms with Gasteiger partial charge in [-0.25, -0.2) is 9.59 Å². The first-order valence-electron chi connectivity index (χ1n) is 6.94. The number of nitrogens with one attached hydrogen (secondary N) is 2. The van der Waals surface area contributed by atoms with Gasteiger partial charge in [0.25, 0.3) is 5.91 Å². The molecule has 0 aliphatic heterocycles. The number of esters is 1. The van der Waals surface area contributed by atoms with E-state index in [1.54, 1.807) is 13.0 Å². The van der Waals surface area contributed by atoms with Crippen LogP contribution in [0.5, 0.6) is 11.5 Å². The Kier molecular flexibility index (Phi) is 6.85. The second-order valence-electron chi connectivity index (χ2n) is 4.50. The van der Waals surface area contributed by atoms with E-state index < -0.39 is 24.0 Å². The second-order valence-corrected chi connectivity index (χ2v) is 4.50. The van der Waals surface area contributed by atoms with Crippen LogP contribution in [-0.4, -0.2) is 44.8 Å². The van der Waals surface area contributed by atoms with Gasteiger partial charge in [0.05, 0.1) is 19.8 Å². The molecule has 0 radical (unpaired) electrons. The summed E-state index contributed by atoms with van der Waals surface area (Å²) in [4.78, 5) is 35.1. The minimum atomic E-state index is -1.14. The number of urea groups is 1. The lowest BCUT2D eigenvalue weighted by Crippen LogP contribution is -2.44. The summed E-state index contributed by atoms with van der Waals surface area (Å²) < 4.78 is 15.2. The molecule has 0 aromatic heterocycles. The largest absolute Gasteiger partial charge is 0.497 e. The van der Waals surface area contributed by atoms with Gasteiger partial charge in [-0.2, -0.15) is 0 Å². The predicted octanol–water partition coefficient (Wildman–Crippen LogP) is 1.09. The summed E-state index contributed by atoms with van der Waals surface area (Å²) in [7, 11) is 2.90. The highest BCUT2D eigenvalue weighted by Crippen LogP contribution is 2.23. The topological polar surface area (TPSA) is 103 Å². The van der Waals surface area contributed by atoms with Gasteiger partial charge in [-0.1, -0.05) is 0 Å². The van der Waals surface area contributed by atoms with Crippen molar-refractivity contribution in [2.24, 2.45) is 0 Å². The Labute approximate surface area is 134 Å². The quantitative estimate of drug-likeness (QED) is 0.760. The first kappa shape index (κ1) is 18.3. The van der Waals surface area contributed by atoms with Gasteiger partial charge in [0.2, 0.25) is 0 Å². The molecule has 3 amide bonds. The number of benzene rings is 1. The van der Waals surface area contributed by atoms with Crippen LogP contribution in [0.1, 0.15) is 24.2 Å². The van der Waals surface area contributed by atoms with E-state index in [9.17, 15) is 14.4 Å². The number of rotatable bonds is 6. The van der Waals surface area contributed by atoms with Crippen LogP contribution in [0.3, 0.4) is 0 Å². The smallest absolute Gasteiger partial charge is 0.339 e. The Morgan fingerprint density at radius 2 is 1.65 bits per heavy atom. The number of hydrogen-bond acceptors (Lipinski definition) is 6. The van der Waals surface area contributed by atoms with Crippen molar-refractivity contribution >= 4 is 17.9 Å². The van der Waals surface area contributed by atoms with Gasteiger partial charge in [0.1, 0.15) is 11.5 Å². The average Bonchev–Trinajstić information content (AvgIpc) is 2.54. The molecule has 8 heteroatoms. The van der Waals surface area contributed by atoms with E-state index in [1.807, 2.05) is 0 Å². The lowest BCUT2D eigenvalue weighted by Gasteiger charge is -2.14. The van der Waals surface area contributed by atoms with Gasteiger partial charge in [-0.15, -0.1) is 0 Å². The molecule has 0 heterocycles. The van der Waals surface area contributed by atoms with Gasteiger partial charge in [-0.3, -0.25) is 10.1 Å². The van der Waals surface area contributed by atoms with E-state index in [0.29, 0.717) is 18.0 Å². The number of ether oxygens (including phenoxy) is 3. The molecule has 2 N–H and O–H groups in total. The van der Waals surface area contributed by atoms with Crippen molar-refractivity contribution in [2.45, 2.75) is 20.0 Å². The molecule has 0 aliphatic carbocycles. The van der Waals surface area contributed by atoms with Crippen LogP contribution in [0.2, 0.25) is 0 Å². The third-order valence-electron chi connectivity index (χ3n) is 2.81. The third kappa shape index (κ3) is 5.50. The zero-order chi connectivity index (χ0) is 17.4. The fourth-order valence-corrected chi connectivity index (χ4v) is 1.63. The zero-order valence-corrected chi connectivity index (χ0v) is 13.5. The molecule has 0 bridgehead atoms. The van der Waals surface area contributed by atoms with Gasteiger partial charge in [0, 0.05) is 12.6 Å². The number of methoxy groups -OCH3 is 2. The molecule has 1 unspecified atom stereocenters. The lowest BCUT2D eigenvalue weighted by atomic mass is 10.2. The Balaban J connectivity index is 2.75. The maximum absolute atomic E-state index is 12.1. The summed E-state index contributed by atoms with van der Waals surface area (Å²) >= 11 is 0. The molecule has 8 nitrogen and oxygen atoms in total. The zero-order valence-electron chi connectivity index (χ0n) is 13.5. The average molecular weight is 324 g/mol. The fraction of sp³-hybridized carbons (Fsp3) is 0.400. The summed E-state index contributed by atoms with van der Waals surface area (Å²) in [5.74, 6) is -0.633. The first-order valence-corrected chi connectivity index (χ1v) is 6.94. The van der Waals surface area contributed by atoms with Crippen molar-refractivity contribution in [2.75, 3.05) is 20.8 Å². The van der Waals surface area contributed by atoms with E-state index in [2.05, 4.69) is 10.6 Å². The van der Waals surface area contributed by atoms with Crippen molar-refractivity contribution in [1.82, 2.24) is 10.6 Å². The summed E-state index contributed by atoms with van der Waals surface area (Å²) in [6.45, 7) is 3.45. The fourth-order valence-electron chi connectivity index (χ4n) is 1.63. The van der Waals surface area contributed by atoms with Gasteiger partial charge in [-0.05, 0) is 26.0 Å². The minimum absolute atomic E-state index is 0.166. The maximum Gasteiger partial charge on any atom is 0.339 e. The van der Waals surface area contributed by atoms with Crippen LogP contribution in [0.4, 0.5) is 4.79 Å². The molecule has 1 atom stereocenters. The Bertz CT molecular complexity index is 565. The summed E-state index contributed by atoms with van der Waals surface area (Å²) in [5, 5.41) is 4.47. The molecule has 0 fully saturated rings. The number of imide groups is 1. The second kappa shape index (κ2) is 8.62. The minimum Gasteiger partial charge on any atom is -0.497 e. The lowest BCUT2D eigenvalue weighted by molar-refractivity contribution is -0.127. The van der Waals surface area contributed by atoms with E-state index in [4.69, 9.17) is 14.2 Å². The molecule has 0 saturated heterocycles. The van der Waals surface area contributed by atoms with Crippen LogP contribution >= 0.6 is 0 Å². The molecule has 23 heavy (non-hydrogen) atoms. The number of carbonyl (C=O) groups excluding carboxylic acids is 3. The number of carbonyl (C=O) groups is 3. The highest BCUT2D eigenvalue weighted by Gasteiger charge is 2.21. The Morgan fingerprint density at radius 1 is 1.09 bits per heavy atom. The third-order valence-corrected chi connectivity index (χ3v) is 2.81. The van der Waals surface area contributed by atoms with Crippen molar-refractivity contribution in [1.29, 1.82) is 0 Å². The maximum atomic E-state index is 12.1. The molecule has 1 aromatic rings.